The molecule has 0 fully saturated rings. The first kappa shape index (κ1) is 14.1. The van der Waals surface area contributed by atoms with E-state index in [0.29, 0.717) is 10.9 Å². The minimum Gasteiger partial charge on any atom is -0.306 e. The Morgan fingerprint density at radius 3 is 2.76 bits per heavy atom. The van der Waals surface area contributed by atoms with Crippen molar-refractivity contribution in [2.45, 2.75) is 38.8 Å². The molecule has 17 heavy (non-hydrogen) atoms. The highest BCUT2D eigenvalue weighted by Gasteiger charge is 2.12. The van der Waals surface area contributed by atoms with Crippen molar-refractivity contribution >= 4 is 15.9 Å². The summed E-state index contributed by atoms with van der Waals surface area (Å²) in [5.74, 6) is -0.259. The Morgan fingerprint density at radius 1 is 1.53 bits per heavy atom. The van der Waals surface area contributed by atoms with Gasteiger partial charge >= 0.3 is 0 Å². The van der Waals surface area contributed by atoms with Crippen LogP contribution in [0.2, 0.25) is 0 Å². The Hall–Kier alpha value is -0.920. The van der Waals surface area contributed by atoms with Gasteiger partial charge in [0.25, 0.3) is 0 Å². The molecular weight excluding hydrogens is 283 g/mol. The minimum absolute atomic E-state index is 0.102. The maximum Gasteiger partial charge on any atom is 0.137 e. The van der Waals surface area contributed by atoms with Crippen molar-refractivity contribution in [3.63, 3.8) is 0 Å². The predicted octanol–water partition coefficient (Wildman–Crippen LogP) is 3.93. The molecule has 2 atom stereocenters. The third kappa shape index (κ3) is 4.10. The van der Waals surface area contributed by atoms with E-state index < -0.39 is 0 Å². The van der Waals surface area contributed by atoms with Gasteiger partial charge in [-0.3, -0.25) is 0 Å². The first-order valence-corrected chi connectivity index (χ1v) is 6.45. The van der Waals surface area contributed by atoms with E-state index in [0.717, 1.165) is 12.0 Å². The number of benzene rings is 1. The van der Waals surface area contributed by atoms with Crippen molar-refractivity contribution in [3.8, 4) is 6.07 Å². The topological polar surface area (TPSA) is 35.8 Å². The summed E-state index contributed by atoms with van der Waals surface area (Å²) in [6, 6.07) is 7.42. The van der Waals surface area contributed by atoms with Crippen molar-refractivity contribution in [3.05, 3.63) is 34.1 Å². The number of hydrogen-bond acceptors (Lipinski definition) is 2. The summed E-state index contributed by atoms with van der Waals surface area (Å²) in [4.78, 5) is 0. The molecule has 0 aliphatic carbocycles. The molecule has 1 aromatic carbocycles. The van der Waals surface area contributed by atoms with Crippen LogP contribution in [0.3, 0.4) is 0 Å². The van der Waals surface area contributed by atoms with Crippen LogP contribution in [0.5, 0.6) is 0 Å². The first-order chi connectivity index (χ1) is 8.08. The number of rotatable bonds is 5. The monoisotopic (exact) mass is 298 g/mol. The van der Waals surface area contributed by atoms with Crippen LogP contribution >= 0.6 is 15.9 Å². The molecule has 0 spiro atoms. The van der Waals surface area contributed by atoms with E-state index in [1.807, 2.05) is 13.8 Å². The molecule has 0 saturated heterocycles. The molecule has 0 aliphatic heterocycles. The maximum atomic E-state index is 13.1. The lowest BCUT2D eigenvalue weighted by atomic mass is 10.1. The molecule has 0 radical (unpaired) electrons. The van der Waals surface area contributed by atoms with Gasteiger partial charge in [-0.1, -0.05) is 13.0 Å². The number of hydrogen-bond donors (Lipinski definition) is 1. The summed E-state index contributed by atoms with van der Waals surface area (Å²) >= 11 is 3.17. The smallest absolute Gasteiger partial charge is 0.137 e. The summed E-state index contributed by atoms with van der Waals surface area (Å²) in [6.45, 7) is 4.06. The van der Waals surface area contributed by atoms with Gasteiger partial charge in [-0.05, 0) is 47.0 Å². The highest BCUT2D eigenvalue weighted by molar-refractivity contribution is 9.10. The van der Waals surface area contributed by atoms with Gasteiger partial charge in [-0.2, -0.15) is 5.26 Å². The van der Waals surface area contributed by atoms with Crippen molar-refractivity contribution in [2.75, 3.05) is 0 Å². The van der Waals surface area contributed by atoms with E-state index in [4.69, 9.17) is 5.26 Å². The van der Waals surface area contributed by atoms with Gasteiger partial charge in [0.05, 0.1) is 17.0 Å². The van der Waals surface area contributed by atoms with Crippen LogP contribution in [0.4, 0.5) is 4.39 Å². The minimum atomic E-state index is -0.259. The molecule has 4 heteroatoms. The zero-order valence-electron chi connectivity index (χ0n) is 10.0. The summed E-state index contributed by atoms with van der Waals surface area (Å²) in [7, 11) is 0. The Balaban J connectivity index is 2.72. The quantitative estimate of drug-likeness (QED) is 0.894. The molecule has 0 heterocycles. The Morgan fingerprint density at radius 2 is 2.24 bits per heavy atom. The van der Waals surface area contributed by atoms with Crippen LogP contribution in [0.1, 0.15) is 38.3 Å². The predicted molar refractivity (Wildman–Crippen MR) is 70.0 cm³/mol. The average molecular weight is 299 g/mol. The molecule has 2 nitrogen and oxygen atoms in total. The number of nitrogens with zero attached hydrogens (tertiary/aromatic N) is 1. The van der Waals surface area contributed by atoms with Gasteiger partial charge in [-0.25, -0.2) is 4.39 Å². The molecular formula is C13H16BrFN2. The van der Waals surface area contributed by atoms with E-state index >= 15 is 0 Å². The highest BCUT2D eigenvalue weighted by atomic mass is 79.9. The summed E-state index contributed by atoms with van der Waals surface area (Å²) in [5.41, 5.74) is 1.01. The number of halogens is 2. The SMILES string of the molecule is CCC(CC#N)NC(C)c1ccc(F)c(Br)c1. The molecule has 0 bridgehead atoms. The van der Waals surface area contributed by atoms with Gasteiger partial charge < -0.3 is 5.32 Å². The fraction of sp³-hybridized carbons (Fsp3) is 0.462. The van der Waals surface area contributed by atoms with Crippen molar-refractivity contribution in [2.24, 2.45) is 0 Å². The van der Waals surface area contributed by atoms with Crippen LogP contribution in [-0.4, -0.2) is 6.04 Å². The summed E-state index contributed by atoms with van der Waals surface area (Å²) < 4.78 is 13.6. The fourth-order valence-electron chi connectivity index (χ4n) is 1.66. The van der Waals surface area contributed by atoms with Crippen molar-refractivity contribution < 1.29 is 4.39 Å². The largest absolute Gasteiger partial charge is 0.306 e. The van der Waals surface area contributed by atoms with Crippen molar-refractivity contribution in [1.82, 2.24) is 5.32 Å². The van der Waals surface area contributed by atoms with E-state index in [2.05, 4.69) is 27.3 Å². The lowest BCUT2D eigenvalue weighted by Gasteiger charge is -2.20. The molecule has 0 aromatic heterocycles. The van der Waals surface area contributed by atoms with E-state index in [1.54, 1.807) is 12.1 Å². The second kappa shape index (κ2) is 6.73. The molecule has 0 aliphatic rings. The van der Waals surface area contributed by atoms with Crippen LogP contribution in [-0.2, 0) is 0 Å². The number of nitriles is 1. The zero-order valence-corrected chi connectivity index (χ0v) is 11.6. The van der Waals surface area contributed by atoms with Crippen molar-refractivity contribution in [1.29, 1.82) is 5.26 Å². The van der Waals surface area contributed by atoms with Crippen LogP contribution in [0.15, 0.2) is 22.7 Å². The van der Waals surface area contributed by atoms with Gasteiger partial charge in [0.15, 0.2) is 0 Å². The normalized spacial score (nSPS) is 14.1. The second-order valence-electron chi connectivity index (χ2n) is 4.03. The molecule has 2 unspecified atom stereocenters. The lowest BCUT2D eigenvalue weighted by molar-refractivity contribution is 0.447. The van der Waals surface area contributed by atoms with Crippen LogP contribution in [0, 0.1) is 17.1 Å². The zero-order chi connectivity index (χ0) is 12.8. The molecule has 92 valence electrons. The third-order valence-electron chi connectivity index (χ3n) is 2.76. The maximum absolute atomic E-state index is 13.1. The molecule has 0 saturated carbocycles. The second-order valence-corrected chi connectivity index (χ2v) is 4.88. The third-order valence-corrected chi connectivity index (χ3v) is 3.37. The number of nitrogens with one attached hydrogen (secondary N) is 1. The van der Waals surface area contributed by atoms with Gasteiger partial charge in [-0.15, -0.1) is 0 Å². The summed E-state index contributed by atoms with van der Waals surface area (Å²) in [6.07, 6.45) is 1.39. The molecule has 1 N–H and O–H groups in total. The van der Waals surface area contributed by atoms with Crippen LogP contribution in [0.25, 0.3) is 0 Å². The molecule has 1 aromatic rings. The fourth-order valence-corrected chi connectivity index (χ4v) is 2.06. The average Bonchev–Trinajstić information content (AvgIpc) is 2.31. The lowest BCUT2D eigenvalue weighted by Crippen LogP contribution is -2.30. The van der Waals surface area contributed by atoms with Gasteiger partial charge in [0.2, 0.25) is 0 Å². The van der Waals surface area contributed by atoms with Gasteiger partial charge in [0.1, 0.15) is 5.82 Å². The Labute approximate surface area is 110 Å². The molecule has 0 amide bonds. The summed E-state index contributed by atoms with van der Waals surface area (Å²) in [5, 5.41) is 12.0. The van der Waals surface area contributed by atoms with E-state index in [-0.39, 0.29) is 17.9 Å². The van der Waals surface area contributed by atoms with E-state index in [9.17, 15) is 4.39 Å². The highest BCUT2D eigenvalue weighted by Crippen LogP contribution is 2.21. The van der Waals surface area contributed by atoms with Crippen LogP contribution < -0.4 is 5.32 Å². The molecule has 1 rings (SSSR count). The van der Waals surface area contributed by atoms with Gasteiger partial charge in [0, 0.05) is 12.1 Å². The van der Waals surface area contributed by atoms with E-state index in [1.165, 1.54) is 6.07 Å². The first-order valence-electron chi connectivity index (χ1n) is 5.66. The standard InChI is InChI=1S/C13H16BrFN2/c1-3-11(6-7-16)17-9(2)10-4-5-13(15)12(14)8-10/h4-5,8-9,11,17H,3,6H2,1-2H3. The Kier molecular flexibility index (Phi) is 5.60. The Bertz CT molecular complexity index is 414.